The van der Waals surface area contributed by atoms with Gasteiger partial charge < -0.3 is 0 Å². The largest absolute Gasteiger partial charge is 0.296 e. The fourth-order valence-electron chi connectivity index (χ4n) is 2.26. The van der Waals surface area contributed by atoms with E-state index in [-0.39, 0.29) is 0 Å². The van der Waals surface area contributed by atoms with Gasteiger partial charge in [0.1, 0.15) is 0 Å². The molecular formula is C13H19N. The van der Waals surface area contributed by atoms with E-state index in [1.165, 1.54) is 25.1 Å². The molecular weight excluding hydrogens is 170 g/mol. The van der Waals surface area contributed by atoms with Crippen molar-refractivity contribution in [3.05, 3.63) is 35.9 Å². The summed E-state index contributed by atoms with van der Waals surface area (Å²) in [6, 6.07) is 11.4. The first-order valence-corrected chi connectivity index (χ1v) is 5.56. The lowest BCUT2D eigenvalue weighted by Gasteiger charge is -2.24. The molecule has 0 saturated carbocycles. The molecule has 0 aliphatic carbocycles. The van der Waals surface area contributed by atoms with Crippen molar-refractivity contribution < 1.29 is 0 Å². The predicted octanol–water partition coefficient (Wildman–Crippen LogP) is 3.09. The van der Waals surface area contributed by atoms with E-state index in [1.54, 1.807) is 0 Å². The summed E-state index contributed by atoms with van der Waals surface area (Å²) in [4.78, 5) is 2.58. The van der Waals surface area contributed by atoms with Crippen molar-refractivity contribution in [2.24, 2.45) is 5.92 Å². The molecule has 1 heteroatoms. The van der Waals surface area contributed by atoms with Gasteiger partial charge in [0.2, 0.25) is 0 Å². The summed E-state index contributed by atoms with van der Waals surface area (Å²) >= 11 is 0. The lowest BCUT2D eigenvalue weighted by atomic mass is 10.1. The fraction of sp³-hybridized carbons (Fsp3) is 0.538. The second-order valence-corrected chi connectivity index (χ2v) is 4.48. The Hall–Kier alpha value is -0.820. The van der Waals surface area contributed by atoms with Gasteiger partial charge in [-0.1, -0.05) is 37.3 Å². The number of hydrogen-bond donors (Lipinski definition) is 0. The first kappa shape index (κ1) is 9.72. The van der Waals surface area contributed by atoms with Gasteiger partial charge in [-0.15, -0.1) is 0 Å². The van der Waals surface area contributed by atoms with E-state index in [0.717, 1.165) is 5.92 Å². The van der Waals surface area contributed by atoms with Gasteiger partial charge in [0.25, 0.3) is 0 Å². The molecule has 1 aliphatic rings. The van der Waals surface area contributed by atoms with E-state index < -0.39 is 0 Å². The summed E-state index contributed by atoms with van der Waals surface area (Å²) < 4.78 is 0. The Kier molecular flexibility index (Phi) is 2.87. The molecule has 0 radical (unpaired) electrons. The minimum absolute atomic E-state index is 0.584. The van der Waals surface area contributed by atoms with E-state index in [0.29, 0.717) is 6.04 Å². The third kappa shape index (κ3) is 1.98. The number of hydrogen-bond acceptors (Lipinski definition) is 1. The Morgan fingerprint density at radius 1 is 1.29 bits per heavy atom. The van der Waals surface area contributed by atoms with Crippen LogP contribution in [-0.4, -0.2) is 18.0 Å². The number of nitrogens with zero attached hydrogens (tertiary/aromatic N) is 1. The third-order valence-corrected chi connectivity index (χ3v) is 3.28. The van der Waals surface area contributed by atoms with Crippen LogP contribution in [0.5, 0.6) is 0 Å². The van der Waals surface area contributed by atoms with Gasteiger partial charge in [0.15, 0.2) is 0 Å². The molecule has 0 amide bonds. The van der Waals surface area contributed by atoms with Crippen molar-refractivity contribution in [2.45, 2.75) is 26.3 Å². The van der Waals surface area contributed by atoms with Crippen LogP contribution < -0.4 is 0 Å². The average molecular weight is 189 g/mol. The Bertz CT molecular complexity index is 281. The highest BCUT2D eigenvalue weighted by Gasteiger charge is 2.23. The molecule has 1 nitrogen and oxygen atoms in total. The minimum atomic E-state index is 0.584. The van der Waals surface area contributed by atoms with Gasteiger partial charge >= 0.3 is 0 Å². The maximum absolute atomic E-state index is 2.58. The van der Waals surface area contributed by atoms with Crippen molar-refractivity contribution in [3.63, 3.8) is 0 Å². The molecule has 1 fully saturated rings. The molecule has 1 aromatic carbocycles. The molecule has 1 heterocycles. The minimum Gasteiger partial charge on any atom is -0.296 e. The summed E-state index contributed by atoms with van der Waals surface area (Å²) in [5.74, 6) is 0.876. The van der Waals surface area contributed by atoms with Crippen LogP contribution in [0.2, 0.25) is 0 Å². The molecule has 1 aromatic rings. The normalized spacial score (nSPS) is 25.1. The number of likely N-dealkylation sites (tertiary alicyclic amines) is 1. The van der Waals surface area contributed by atoms with Crippen LogP contribution >= 0.6 is 0 Å². The van der Waals surface area contributed by atoms with Crippen molar-refractivity contribution in [2.75, 3.05) is 13.1 Å². The third-order valence-electron chi connectivity index (χ3n) is 3.28. The van der Waals surface area contributed by atoms with E-state index in [2.05, 4.69) is 49.1 Å². The number of rotatable bonds is 2. The van der Waals surface area contributed by atoms with Crippen LogP contribution in [0.3, 0.4) is 0 Å². The zero-order chi connectivity index (χ0) is 9.97. The van der Waals surface area contributed by atoms with E-state index in [4.69, 9.17) is 0 Å². The molecule has 14 heavy (non-hydrogen) atoms. The Morgan fingerprint density at radius 3 is 2.57 bits per heavy atom. The van der Waals surface area contributed by atoms with Gasteiger partial charge in [-0.2, -0.15) is 0 Å². The van der Waals surface area contributed by atoms with Crippen molar-refractivity contribution in [3.8, 4) is 0 Å². The molecule has 1 aliphatic heterocycles. The Morgan fingerprint density at radius 2 is 2.00 bits per heavy atom. The number of benzene rings is 1. The van der Waals surface area contributed by atoms with Crippen LogP contribution in [0.25, 0.3) is 0 Å². The maximum Gasteiger partial charge on any atom is 0.0319 e. The fourth-order valence-corrected chi connectivity index (χ4v) is 2.26. The first-order valence-electron chi connectivity index (χ1n) is 5.56. The Labute approximate surface area is 86.7 Å². The van der Waals surface area contributed by atoms with Gasteiger partial charge in [-0.25, -0.2) is 0 Å². The van der Waals surface area contributed by atoms with Crippen molar-refractivity contribution in [1.82, 2.24) is 4.90 Å². The smallest absolute Gasteiger partial charge is 0.0319 e. The molecule has 2 atom stereocenters. The molecule has 0 N–H and O–H groups in total. The molecule has 0 aromatic heterocycles. The van der Waals surface area contributed by atoms with Gasteiger partial charge in [0, 0.05) is 12.6 Å². The lowest BCUT2D eigenvalue weighted by Crippen LogP contribution is -2.24. The van der Waals surface area contributed by atoms with E-state index in [1.807, 2.05) is 0 Å². The molecule has 0 spiro atoms. The molecule has 2 rings (SSSR count). The molecule has 76 valence electrons. The van der Waals surface area contributed by atoms with Crippen molar-refractivity contribution in [1.29, 1.82) is 0 Å². The topological polar surface area (TPSA) is 3.24 Å². The maximum atomic E-state index is 2.58. The van der Waals surface area contributed by atoms with Crippen molar-refractivity contribution >= 4 is 0 Å². The Balaban J connectivity index is 2.05. The van der Waals surface area contributed by atoms with Gasteiger partial charge in [-0.3, -0.25) is 4.90 Å². The van der Waals surface area contributed by atoms with Crippen LogP contribution in [0, 0.1) is 5.92 Å². The van der Waals surface area contributed by atoms with Gasteiger partial charge in [-0.05, 0) is 31.4 Å². The second kappa shape index (κ2) is 4.14. The highest BCUT2D eigenvalue weighted by molar-refractivity contribution is 5.18. The molecule has 0 bridgehead atoms. The predicted molar refractivity (Wildman–Crippen MR) is 60.2 cm³/mol. The molecule has 1 unspecified atom stereocenters. The summed E-state index contributed by atoms with van der Waals surface area (Å²) in [5.41, 5.74) is 1.45. The molecule has 1 saturated heterocycles. The summed E-state index contributed by atoms with van der Waals surface area (Å²) in [7, 11) is 0. The van der Waals surface area contributed by atoms with E-state index in [9.17, 15) is 0 Å². The second-order valence-electron chi connectivity index (χ2n) is 4.48. The van der Waals surface area contributed by atoms with Crippen LogP contribution in [0.1, 0.15) is 31.9 Å². The quantitative estimate of drug-likeness (QED) is 0.691. The summed E-state index contributed by atoms with van der Waals surface area (Å²) in [6.45, 7) is 7.18. The van der Waals surface area contributed by atoms with Gasteiger partial charge in [0.05, 0.1) is 0 Å². The van der Waals surface area contributed by atoms with Crippen LogP contribution in [0.15, 0.2) is 30.3 Å². The zero-order valence-electron chi connectivity index (χ0n) is 9.11. The summed E-state index contributed by atoms with van der Waals surface area (Å²) in [5, 5.41) is 0. The summed E-state index contributed by atoms with van der Waals surface area (Å²) in [6.07, 6.45) is 1.36. The van der Waals surface area contributed by atoms with Crippen LogP contribution in [0.4, 0.5) is 0 Å². The monoisotopic (exact) mass is 189 g/mol. The van der Waals surface area contributed by atoms with Crippen LogP contribution in [-0.2, 0) is 0 Å². The average Bonchev–Trinajstić information content (AvgIpc) is 2.65. The zero-order valence-corrected chi connectivity index (χ0v) is 9.11. The lowest BCUT2D eigenvalue weighted by molar-refractivity contribution is 0.255. The first-order chi connectivity index (χ1) is 6.77. The highest BCUT2D eigenvalue weighted by atomic mass is 15.2. The SMILES string of the molecule is CC1CCN([C@@H](C)c2ccccc2)C1. The highest BCUT2D eigenvalue weighted by Crippen LogP contribution is 2.26. The van der Waals surface area contributed by atoms with E-state index >= 15 is 0 Å². The standard InChI is InChI=1S/C13H19N/c1-11-8-9-14(10-11)12(2)13-6-4-3-5-7-13/h3-7,11-12H,8-10H2,1-2H3/t11?,12-/m0/s1.